The number of hydrogen-bond donors (Lipinski definition) is 0. The van der Waals surface area contributed by atoms with E-state index in [4.69, 9.17) is 26.1 Å². The highest BCUT2D eigenvalue weighted by Gasteiger charge is 2.46. The number of rotatable bonds is 11. The van der Waals surface area contributed by atoms with E-state index in [0.29, 0.717) is 33.8 Å². The third kappa shape index (κ3) is 5.44. The number of Topliss-reactive ketones (excluding diaryl/α,β-unsaturated/α-hetero) is 1. The fraction of sp³-hybridized carbons (Fsp3) is 0.562. The maximum absolute atomic E-state index is 14.2. The number of aromatic nitrogens is 2. The highest BCUT2D eigenvalue weighted by Crippen LogP contribution is 2.45. The minimum atomic E-state index is -2.03. The molecule has 1 aromatic carbocycles. The van der Waals surface area contributed by atoms with Gasteiger partial charge in [-0.1, -0.05) is 78.6 Å². The number of pyridine rings is 1. The summed E-state index contributed by atoms with van der Waals surface area (Å²) in [6.07, 6.45) is 6.48. The number of benzene rings is 1. The van der Waals surface area contributed by atoms with Crippen LogP contribution in [0.15, 0.2) is 42.7 Å². The lowest BCUT2D eigenvalue weighted by atomic mass is 9.86. The van der Waals surface area contributed by atoms with Crippen LogP contribution in [0.5, 0.6) is 5.75 Å². The monoisotopic (exact) mass is 568 g/mol. The highest BCUT2D eigenvalue weighted by molar-refractivity contribution is 6.82. The second-order valence-electron chi connectivity index (χ2n) is 12.1. The van der Waals surface area contributed by atoms with Gasteiger partial charge in [0.2, 0.25) is 0 Å². The van der Waals surface area contributed by atoms with Gasteiger partial charge in [-0.3, -0.25) is 4.79 Å². The molecular formula is C32H45ClN2O3Si. The second kappa shape index (κ2) is 12.2. The van der Waals surface area contributed by atoms with E-state index in [0.717, 1.165) is 41.6 Å². The van der Waals surface area contributed by atoms with Crippen LogP contribution in [0.4, 0.5) is 0 Å². The normalized spacial score (nSPS) is 20.1. The van der Waals surface area contributed by atoms with E-state index in [2.05, 4.69) is 65.0 Å². The number of hydrogen-bond acceptors (Lipinski definition) is 4. The van der Waals surface area contributed by atoms with Crippen molar-refractivity contribution < 1.29 is 14.3 Å². The Balaban J connectivity index is 1.63. The minimum Gasteiger partial charge on any atom is -0.497 e. The van der Waals surface area contributed by atoms with Crippen LogP contribution in [0.2, 0.25) is 21.6 Å². The fourth-order valence-electron chi connectivity index (χ4n) is 7.56. The Hall–Kier alpha value is -2.15. The van der Waals surface area contributed by atoms with Crippen molar-refractivity contribution in [2.75, 3.05) is 7.11 Å². The first kappa shape index (κ1) is 29.8. The zero-order valence-electron chi connectivity index (χ0n) is 24.8. The van der Waals surface area contributed by atoms with Crippen molar-refractivity contribution in [3.8, 4) is 5.75 Å². The molecule has 0 amide bonds. The molecule has 1 aliphatic rings. The average Bonchev–Trinajstić information content (AvgIpc) is 3.51. The Labute approximate surface area is 240 Å². The summed E-state index contributed by atoms with van der Waals surface area (Å²) in [5.74, 6) is 1.14. The summed E-state index contributed by atoms with van der Waals surface area (Å²) in [4.78, 5) is 19.1. The van der Waals surface area contributed by atoms with Crippen LogP contribution in [0.25, 0.3) is 11.0 Å². The van der Waals surface area contributed by atoms with Gasteiger partial charge in [-0.25, -0.2) is 4.98 Å². The molecule has 0 saturated heterocycles. The molecule has 0 spiro atoms. The molecule has 3 aromatic rings. The number of carbonyl (C=O) groups is 1. The van der Waals surface area contributed by atoms with Crippen molar-refractivity contribution in [2.45, 2.75) is 97.1 Å². The second-order valence-corrected chi connectivity index (χ2v) is 18.3. The molecule has 4 rings (SSSR count). The quantitative estimate of drug-likeness (QED) is 0.171. The largest absolute Gasteiger partial charge is 0.497 e. The lowest BCUT2D eigenvalue weighted by molar-refractivity contribution is 0.0408. The molecule has 0 radical (unpaired) electrons. The van der Waals surface area contributed by atoms with E-state index in [9.17, 15) is 4.79 Å². The van der Waals surface area contributed by atoms with Crippen molar-refractivity contribution in [1.29, 1.82) is 0 Å². The molecule has 7 heteroatoms. The Morgan fingerprint density at radius 1 is 1.05 bits per heavy atom. The predicted molar refractivity (Wildman–Crippen MR) is 164 cm³/mol. The highest BCUT2D eigenvalue weighted by atomic mass is 35.5. The molecule has 2 aromatic heterocycles. The minimum absolute atomic E-state index is 0.0505. The first-order valence-electron chi connectivity index (χ1n) is 14.5. The predicted octanol–water partition coefficient (Wildman–Crippen LogP) is 8.93. The van der Waals surface area contributed by atoms with Gasteiger partial charge in [-0.2, -0.15) is 0 Å². The SMILES string of the molecule is CCC1CC(OCc2ccc(OC)cc2)CC1C(=O)c1c(Cl)cnc2c1ccn2[Si](C(C)C)(C(C)C)C(C)C. The molecule has 5 nitrogen and oxygen atoms in total. The lowest BCUT2D eigenvalue weighted by Crippen LogP contribution is -2.51. The van der Waals surface area contributed by atoms with E-state index in [1.165, 1.54) is 0 Å². The summed E-state index contributed by atoms with van der Waals surface area (Å²) < 4.78 is 14.0. The van der Waals surface area contributed by atoms with Crippen LogP contribution in [-0.2, 0) is 11.3 Å². The van der Waals surface area contributed by atoms with Gasteiger partial charge in [-0.15, -0.1) is 0 Å². The standard InChI is InChI=1S/C32H45ClN2O3Si/c1-9-24-16-26(38-19-23-10-12-25(37-8)13-11-23)17-28(24)31(36)30-27-14-15-35(32(27)34-18-29(30)33)39(20(2)3,21(4)5)22(6)7/h10-15,18,20-22,24,26,28H,9,16-17,19H2,1-8H3. The van der Waals surface area contributed by atoms with Gasteiger partial charge in [0.05, 0.1) is 24.8 Å². The van der Waals surface area contributed by atoms with Crippen LogP contribution in [0, 0.1) is 11.8 Å². The van der Waals surface area contributed by atoms with Crippen molar-refractivity contribution in [2.24, 2.45) is 11.8 Å². The summed E-state index contributed by atoms with van der Waals surface area (Å²) in [6.45, 7) is 16.8. The molecule has 1 saturated carbocycles. The average molecular weight is 569 g/mol. The topological polar surface area (TPSA) is 53.4 Å². The molecule has 1 aliphatic carbocycles. The number of ether oxygens (including phenoxy) is 2. The number of halogens is 1. The Morgan fingerprint density at radius 3 is 2.26 bits per heavy atom. The van der Waals surface area contributed by atoms with E-state index < -0.39 is 8.24 Å². The van der Waals surface area contributed by atoms with Crippen LogP contribution in [-0.4, -0.2) is 36.4 Å². The number of fused-ring (bicyclic) bond motifs is 1. The van der Waals surface area contributed by atoms with Crippen LogP contribution >= 0.6 is 11.6 Å². The van der Waals surface area contributed by atoms with Crippen molar-refractivity contribution >= 4 is 36.7 Å². The van der Waals surface area contributed by atoms with Crippen LogP contribution in [0.1, 0.15) is 83.7 Å². The van der Waals surface area contributed by atoms with Gasteiger partial charge >= 0.3 is 0 Å². The van der Waals surface area contributed by atoms with Gasteiger partial charge in [0, 0.05) is 23.1 Å². The third-order valence-corrected chi connectivity index (χ3v) is 16.3. The molecule has 2 heterocycles. The number of nitrogens with zero attached hydrogens (tertiary/aromatic N) is 2. The molecule has 212 valence electrons. The first-order valence-corrected chi connectivity index (χ1v) is 17.1. The fourth-order valence-corrected chi connectivity index (χ4v) is 14.4. The van der Waals surface area contributed by atoms with Gasteiger partial charge < -0.3 is 13.7 Å². The molecule has 39 heavy (non-hydrogen) atoms. The Bertz CT molecular complexity index is 1260. The Morgan fingerprint density at radius 2 is 1.69 bits per heavy atom. The third-order valence-electron chi connectivity index (χ3n) is 9.26. The summed E-state index contributed by atoms with van der Waals surface area (Å²) in [5.41, 5.74) is 4.21. The Kier molecular flexibility index (Phi) is 9.29. The van der Waals surface area contributed by atoms with E-state index in [-0.39, 0.29) is 23.7 Å². The summed E-state index contributed by atoms with van der Waals surface area (Å²) in [7, 11) is -0.363. The van der Waals surface area contributed by atoms with Crippen molar-refractivity contribution in [3.05, 3.63) is 58.9 Å². The van der Waals surface area contributed by atoms with Crippen molar-refractivity contribution in [3.63, 3.8) is 0 Å². The van der Waals surface area contributed by atoms with Gasteiger partial charge in [0.1, 0.15) is 11.4 Å². The summed E-state index contributed by atoms with van der Waals surface area (Å²) in [5, 5.41) is 1.34. The lowest BCUT2D eigenvalue weighted by Gasteiger charge is -2.44. The molecule has 0 N–H and O–H groups in total. The van der Waals surface area contributed by atoms with Gasteiger partial charge in [0.15, 0.2) is 14.0 Å². The van der Waals surface area contributed by atoms with Crippen molar-refractivity contribution in [1.82, 2.24) is 9.22 Å². The van der Waals surface area contributed by atoms with E-state index in [1.54, 1.807) is 13.3 Å². The maximum Gasteiger partial charge on any atom is 0.171 e. The summed E-state index contributed by atoms with van der Waals surface area (Å²) >= 11 is 6.76. The van der Waals surface area contributed by atoms with E-state index >= 15 is 0 Å². The molecular weight excluding hydrogens is 524 g/mol. The van der Waals surface area contributed by atoms with Gasteiger partial charge in [0.25, 0.3) is 0 Å². The number of ketones is 1. The molecule has 0 aliphatic heterocycles. The summed E-state index contributed by atoms with van der Waals surface area (Å²) in [6, 6.07) is 10.0. The zero-order chi connectivity index (χ0) is 28.5. The number of carbonyl (C=O) groups excluding carboxylic acids is 1. The molecule has 1 fully saturated rings. The molecule has 3 atom stereocenters. The van der Waals surface area contributed by atoms with Crippen LogP contribution in [0.3, 0.4) is 0 Å². The molecule has 0 bridgehead atoms. The van der Waals surface area contributed by atoms with Gasteiger partial charge in [-0.05, 0) is 65.3 Å². The van der Waals surface area contributed by atoms with Crippen LogP contribution < -0.4 is 4.74 Å². The first-order chi connectivity index (χ1) is 18.6. The smallest absolute Gasteiger partial charge is 0.171 e. The number of methoxy groups -OCH3 is 1. The molecule has 3 unspecified atom stereocenters. The van der Waals surface area contributed by atoms with E-state index in [1.807, 2.05) is 24.3 Å². The maximum atomic E-state index is 14.2. The zero-order valence-corrected chi connectivity index (χ0v) is 26.6.